The summed E-state index contributed by atoms with van der Waals surface area (Å²) in [4.78, 5) is 11.7. The lowest BCUT2D eigenvalue weighted by Gasteiger charge is -2.17. The fourth-order valence-corrected chi connectivity index (χ4v) is 5.25. The minimum absolute atomic E-state index is 0.300. The summed E-state index contributed by atoms with van der Waals surface area (Å²) in [7, 11) is -3.67. The van der Waals surface area contributed by atoms with Crippen molar-refractivity contribution in [3.63, 3.8) is 0 Å². The van der Waals surface area contributed by atoms with Crippen LogP contribution in [0.2, 0.25) is 0 Å². The van der Waals surface area contributed by atoms with E-state index in [1.54, 1.807) is 18.2 Å². The van der Waals surface area contributed by atoms with Gasteiger partial charge in [-0.15, -0.1) is 0 Å². The molecule has 2 aromatic carbocycles. The van der Waals surface area contributed by atoms with E-state index in [0.29, 0.717) is 10.6 Å². The van der Waals surface area contributed by atoms with Gasteiger partial charge in [-0.3, -0.25) is 4.72 Å². The zero-order valence-electron chi connectivity index (χ0n) is 18.9. The van der Waals surface area contributed by atoms with Gasteiger partial charge < -0.3 is 10.2 Å². The van der Waals surface area contributed by atoms with Crippen molar-refractivity contribution in [1.82, 2.24) is 9.97 Å². The Hall–Kier alpha value is -3.13. The van der Waals surface area contributed by atoms with Crippen molar-refractivity contribution in [1.29, 1.82) is 0 Å². The number of anilines is 4. The Morgan fingerprint density at radius 3 is 2.12 bits per heavy atom. The van der Waals surface area contributed by atoms with Crippen LogP contribution in [0.25, 0.3) is 0 Å². The van der Waals surface area contributed by atoms with Gasteiger partial charge in [0, 0.05) is 36.2 Å². The highest BCUT2D eigenvalue weighted by atomic mass is 32.2. The van der Waals surface area contributed by atoms with Crippen molar-refractivity contribution in [3.8, 4) is 0 Å². The number of nitrogens with one attached hydrogen (secondary N) is 2. The standard InChI is InChI=1S/C24H29N5O2S/c1-16-13-18(3)22(14-17(16)2)32(30,31)28-21-9-7-20(8-10-21)26-23-15-19(4)25-24(27-23)29-11-5-6-12-29/h7-10,13-15,28H,5-6,11-12H2,1-4H3,(H,25,26,27). The van der Waals surface area contributed by atoms with Gasteiger partial charge in [0.05, 0.1) is 4.90 Å². The van der Waals surface area contributed by atoms with Gasteiger partial charge in [-0.25, -0.2) is 13.4 Å². The number of hydrogen-bond donors (Lipinski definition) is 2. The highest BCUT2D eigenvalue weighted by molar-refractivity contribution is 7.92. The Labute approximate surface area is 190 Å². The number of aromatic nitrogens is 2. The summed E-state index contributed by atoms with van der Waals surface area (Å²) in [5, 5.41) is 3.30. The molecule has 1 aromatic heterocycles. The van der Waals surface area contributed by atoms with Crippen LogP contribution in [-0.2, 0) is 10.0 Å². The summed E-state index contributed by atoms with van der Waals surface area (Å²) < 4.78 is 28.5. The molecule has 0 radical (unpaired) electrons. The zero-order valence-corrected chi connectivity index (χ0v) is 19.8. The highest BCUT2D eigenvalue weighted by Gasteiger charge is 2.18. The minimum atomic E-state index is -3.67. The Balaban J connectivity index is 1.50. The van der Waals surface area contributed by atoms with Crippen LogP contribution in [0, 0.1) is 27.7 Å². The van der Waals surface area contributed by atoms with Crippen molar-refractivity contribution >= 4 is 33.2 Å². The van der Waals surface area contributed by atoms with Crippen LogP contribution in [0.3, 0.4) is 0 Å². The number of nitrogens with zero attached hydrogens (tertiary/aromatic N) is 3. The van der Waals surface area contributed by atoms with Crippen LogP contribution in [0.15, 0.2) is 47.4 Å². The first kappa shape index (κ1) is 22.1. The second-order valence-electron chi connectivity index (χ2n) is 8.40. The minimum Gasteiger partial charge on any atom is -0.341 e. The monoisotopic (exact) mass is 451 g/mol. The molecule has 4 rings (SSSR count). The van der Waals surface area contributed by atoms with Crippen LogP contribution in [0.5, 0.6) is 0 Å². The summed E-state index contributed by atoms with van der Waals surface area (Å²) in [6, 6.07) is 12.7. The second-order valence-corrected chi connectivity index (χ2v) is 10.0. The number of hydrogen-bond acceptors (Lipinski definition) is 6. The highest BCUT2D eigenvalue weighted by Crippen LogP contribution is 2.25. The topological polar surface area (TPSA) is 87.2 Å². The van der Waals surface area contributed by atoms with E-state index in [1.165, 1.54) is 12.8 Å². The predicted molar refractivity (Wildman–Crippen MR) is 129 cm³/mol. The van der Waals surface area contributed by atoms with E-state index in [0.717, 1.165) is 52.9 Å². The second kappa shape index (κ2) is 8.78. The average molecular weight is 452 g/mol. The smallest absolute Gasteiger partial charge is 0.262 e. The summed E-state index contributed by atoms with van der Waals surface area (Å²) in [6.45, 7) is 9.63. The average Bonchev–Trinajstić information content (AvgIpc) is 3.26. The molecule has 0 unspecified atom stereocenters. The van der Waals surface area contributed by atoms with Gasteiger partial charge in [0.15, 0.2) is 0 Å². The molecule has 32 heavy (non-hydrogen) atoms. The molecule has 0 aliphatic carbocycles. The van der Waals surface area contributed by atoms with Gasteiger partial charge in [-0.05, 0) is 87.6 Å². The molecule has 0 atom stereocenters. The summed E-state index contributed by atoms with van der Waals surface area (Å²) >= 11 is 0. The lowest BCUT2D eigenvalue weighted by Crippen LogP contribution is -2.21. The molecule has 2 N–H and O–H groups in total. The number of aryl methyl sites for hydroxylation is 4. The molecule has 1 saturated heterocycles. The molecule has 8 heteroatoms. The van der Waals surface area contributed by atoms with Gasteiger partial charge in [0.25, 0.3) is 10.0 Å². The Morgan fingerprint density at radius 2 is 1.44 bits per heavy atom. The SMILES string of the molecule is Cc1cc(Nc2ccc(NS(=O)(=O)c3cc(C)c(C)cc3C)cc2)nc(N2CCCC2)n1. The lowest BCUT2D eigenvalue weighted by atomic mass is 10.1. The third-order valence-corrected chi connectivity index (χ3v) is 7.24. The molecule has 0 bridgehead atoms. The van der Waals surface area contributed by atoms with E-state index in [9.17, 15) is 8.42 Å². The van der Waals surface area contributed by atoms with Gasteiger partial charge in [0.2, 0.25) is 5.95 Å². The Bertz CT molecular complexity index is 1230. The third kappa shape index (κ3) is 4.85. The van der Waals surface area contributed by atoms with E-state index < -0.39 is 10.0 Å². The maximum absolute atomic E-state index is 12.9. The summed E-state index contributed by atoms with van der Waals surface area (Å²) in [5.41, 5.74) is 4.98. The first-order valence-corrected chi connectivity index (χ1v) is 12.3. The predicted octanol–water partition coefficient (Wildman–Crippen LogP) is 4.85. The fraction of sp³-hybridized carbons (Fsp3) is 0.333. The third-order valence-electron chi connectivity index (χ3n) is 5.72. The normalized spacial score (nSPS) is 13.9. The molecule has 168 valence electrons. The van der Waals surface area contributed by atoms with Crippen molar-refractivity contribution in [3.05, 3.63) is 64.8 Å². The van der Waals surface area contributed by atoms with Crippen LogP contribution in [0.4, 0.5) is 23.1 Å². The molecule has 0 amide bonds. The van der Waals surface area contributed by atoms with Crippen molar-refractivity contribution in [2.75, 3.05) is 28.0 Å². The number of sulfonamides is 1. The van der Waals surface area contributed by atoms with E-state index in [1.807, 2.05) is 52.0 Å². The molecule has 1 aliphatic heterocycles. The van der Waals surface area contributed by atoms with Gasteiger partial charge in [-0.2, -0.15) is 4.98 Å². The Kier molecular flexibility index (Phi) is 6.06. The van der Waals surface area contributed by atoms with Crippen molar-refractivity contribution in [2.45, 2.75) is 45.4 Å². The maximum atomic E-state index is 12.9. The quantitative estimate of drug-likeness (QED) is 0.557. The van der Waals surface area contributed by atoms with Crippen molar-refractivity contribution < 1.29 is 8.42 Å². The summed E-state index contributed by atoms with van der Waals surface area (Å²) in [5.74, 6) is 1.47. The van der Waals surface area contributed by atoms with Gasteiger partial charge in [0.1, 0.15) is 5.82 Å². The van der Waals surface area contributed by atoms with E-state index in [4.69, 9.17) is 0 Å². The first-order valence-electron chi connectivity index (χ1n) is 10.8. The molecule has 7 nitrogen and oxygen atoms in total. The van der Waals surface area contributed by atoms with E-state index in [2.05, 4.69) is 24.9 Å². The molecule has 1 aliphatic rings. The first-order chi connectivity index (χ1) is 15.2. The number of benzene rings is 2. The maximum Gasteiger partial charge on any atom is 0.262 e. The lowest BCUT2D eigenvalue weighted by molar-refractivity contribution is 0.600. The van der Waals surface area contributed by atoms with Gasteiger partial charge in [-0.1, -0.05) is 6.07 Å². The van der Waals surface area contributed by atoms with E-state index in [-0.39, 0.29) is 0 Å². The molecule has 0 saturated carbocycles. The molecular formula is C24H29N5O2S. The van der Waals surface area contributed by atoms with Crippen LogP contribution >= 0.6 is 0 Å². The summed E-state index contributed by atoms with van der Waals surface area (Å²) in [6.07, 6.45) is 2.33. The van der Waals surface area contributed by atoms with E-state index >= 15 is 0 Å². The van der Waals surface area contributed by atoms with Crippen LogP contribution < -0.4 is 14.9 Å². The molecule has 3 aromatic rings. The van der Waals surface area contributed by atoms with Crippen LogP contribution in [-0.4, -0.2) is 31.5 Å². The molecule has 1 fully saturated rings. The van der Waals surface area contributed by atoms with Crippen LogP contribution in [0.1, 0.15) is 35.2 Å². The largest absolute Gasteiger partial charge is 0.341 e. The molecular weight excluding hydrogens is 422 g/mol. The number of rotatable bonds is 6. The Morgan fingerprint density at radius 1 is 0.812 bits per heavy atom. The molecule has 0 spiro atoms. The fourth-order valence-electron chi connectivity index (χ4n) is 3.88. The van der Waals surface area contributed by atoms with Gasteiger partial charge >= 0.3 is 0 Å². The van der Waals surface area contributed by atoms with Crippen molar-refractivity contribution in [2.24, 2.45) is 0 Å². The molecule has 2 heterocycles. The zero-order chi connectivity index (χ0) is 22.9.